The number of aliphatic carboxylic acids is 1. The van der Waals surface area contributed by atoms with Gasteiger partial charge >= 0.3 is 12.0 Å². The topological polar surface area (TPSA) is 69.6 Å². The molecule has 0 aromatic heterocycles. The van der Waals surface area contributed by atoms with Crippen molar-refractivity contribution >= 4 is 12.0 Å². The fourth-order valence-electron chi connectivity index (χ4n) is 2.87. The molecule has 0 saturated carbocycles. The Balaban J connectivity index is 2.40. The Labute approximate surface area is 121 Å². The summed E-state index contributed by atoms with van der Waals surface area (Å²) in [5.74, 6) is 0.210. The maximum absolute atomic E-state index is 12.1. The van der Waals surface area contributed by atoms with Crippen molar-refractivity contribution in [2.75, 3.05) is 19.6 Å². The first kappa shape index (κ1) is 16.8. The van der Waals surface area contributed by atoms with Crippen LogP contribution in [0.3, 0.4) is 0 Å². The number of carboxylic acid groups (broad SMARTS) is 1. The Morgan fingerprint density at radius 2 is 2.10 bits per heavy atom. The van der Waals surface area contributed by atoms with E-state index in [0.29, 0.717) is 18.4 Å². The van der Waals surface area contributed by atoms with Crippen LogP contribution in [0.2, 0.25) is 0 Å². The molecule has 1 fully saturated rings. The van der Waals surface area contributed by atoms with E-state index in [2.05, 4.69) is 26.1 Å². The van der Waals surface area contributed by atoms with E-state index in [9.17, 15) is 9.59 Å². The van der Waals surface area contributed by atoms with Crippen molar-refractivity contribution in [3.8, 4) is 0 Å². The minimum absolute atomic E-state index is 0.0127. The van der Waals surface area contributed by atoms with Gasteiger partial charge < -0.3 is 15.3 Å². The predicted molar refractivity (Wildman–Crippen MR) is 78.6 cm³/mol. The third-order valence-electron chi connectivity index (χ3n) is 3.75. The number of carboxylic acids is 1. The number of carbonyl (C=O) groups is 2. The summed E-state index contributed by atoms with van der Waals surface area (Å²) in [4.78, 5) is 24.8. The Bertz CT molecular complexity index is 331. The number of hydrogen-bond donors (Lipinski definition) is 2. The number of nitrogens with zero attached hydrogens (tertiary/aromatic N) is 1. The van der Waals surface area contributed by atoms with Crippen LogP contribution in [-0.2, 0) is 4.79 Å². The number of carbonyl (C=O) groups excluding carboxylic acids is 1. The van der Waals surface area contributed by atoms with E-state index in [4.69, 9.17) is 5.11 Å². The van der Waals surface area contributed by atoms with E-state index in [1.165, 1.54) is 6.42 Å². The average molecular weight is 284 g/mol. The molecule has 2 N–H and O–H groups in total. The lowest BCUT2D eigenvalue weighted by molar-refractivity contribution is -0.138. The lowest BCUT2D eigenvalue weighted by Crippen LogP contribution is -2.46. The molecule has 0 radical (unpaired) electrons. The first-order valence-electron chi connectivity index (χ1n) is 7.63. The van der Waals surface area contributed by atoms with Crippen LogP contribution in [0.1, 0.15) is 46.5 Å². The molecule has 1 aliphatic rings. The minimum atomic E-state index is -0.795. The van der Waals surface area contributed by atoms with Gasteiger partial charge in [-0.1, -0.05) is 20.8 Å². The maximum Gasteiger partial charge on any atom is 0.317 e. The SMILES string of the molecule is CC(C)C[C@H](CNC(=O)N1CCCC(C)C1)CC(=O)O. The van der Waals surface area contributed by atoms with E-state index in [-0.39, 0.29) is 18.4 Å². The lowest BCUT2D eigenvalue weighted by atomic mass is 9.94. The number of likely N-dealkylation sites (tertiary alicyclic amines) is 1. The summed E-state index contributed by atoms with van der Waals surface area (Å²) in [5.41, 5.74) is 0. The van der Waals surface area contributed by atoms with Gasteiger partial charge in [-0.05, 0) is 37.0 Å². The zero-order valence-electron chi connectivity index (χ0n) is 12.9. The molecule has 116 valence electrons. The monoisotopic (exact) mass is 284 g/mol. The normalized spacial score (nSPS) is 20.8. The Morgan fingerprint density at radius 3 is 2.65 bits per heavy atom. The first-order chi connectivity index (χ1) is 9.38. The number of nitrogens with one attached hydrogen (secondary N) is 1. The van der Waals surface area contributed by atoms with Crippen molar-refractivity contribution < 1.29 is 14.7 Å². The molecule has 2 atom stereocenters. The maximum atomic E-state index is 12.1. The molecule has 20 heavy (non-hydrogen) atoms. The van der Waals surface area contributed by atoms with Crippen LogP contribution in [0.15, 0.2) is 0 Å². The number of hydrogen-bond acceptors (Lipinski definition) is 2. The molecule has 0 spiro atoms. The van der Waals surface area contributed by atoms with Crippen LogP contribution in [0, 0.1) is 17.8 Å². The second kappa shape index (κ2) is 8.12. The molecule has 0 aromatic rings. The number of rotatable bonds is 6. The molecule has 1 aliphatic heterocycles. The zero-order valence-corrected chi connectivity index (χ0v) is 12.9. The average Bonchev–Trinajstić information content (AvgIpc) is 2.34. The summed E-state index contributed by atoms with van der Waals surface area (Å²) in [6, 6.07) is -0.0457. The van der Waals surface area contributed by atoms with Crippen molar-refractivity contribution in [3.63, 3.8) is 0 Å². The zero-order chi connectivity index (χ0) is 15.1. The minimum Gasteiger partial charge on any atom is -0.481 e. The molecular formula is C15H28N2O3. The van der Waals surface area contributed by atoms with Crippen molar-refractivity contribution in [2.24, 2.45) is 17.8 Å². The largest absolute Gasteiger partial charge is 0.481 e. The number of amides is 2. The predicted octanol–water partition coefficient (Wildman–Crippen LogP) is 2.56. The number of urea groups is 1. The van der Waals surface area contributed by atoms with Crippen LogP contribution in [0.25, 0.3) is 0 Å². The van der Waals surface area contributed by atoms with Gasteiger partial charge in [0, 0.05) is 26.1 Å². The highest BCUT2D eigenvalue weighted by atomic mass is 16.4. The summed E-state index contributed by atoms with van der Waals surface area (Å²) in [5, 5.41) is 11.8. The summed E-state index contributed by atoms with van der Waals surface area (Å²) in [6.45, 7) is 8.37. The van der Waals surface area contributed by atoms with Crippen LogP contribution in [-0.4, -0.2) is 41.6 Å². The van der Waals surface area contributed by atoms with Gasteiger partial charge in [0.05, 0.1) is 0 Å². The van der Waals surface area contributed by atoms with E-state index < -0.39 is 5.97 Å². The highest BCUT2D eigenvalue weighted by Gasteiger charge is 2.22. The van der Waals surface area contributed by atoms with Crippen LogP contribution in [0.4, 0.5) is 4.79 Å². The molecule has 1 unspecified atom stereocenters. The molecule has 5 nitrogen and oxygen atoms in total. The Hall–Kier alpha value is -1.26. The van der Waals surface area contributed by atoms with E-state index in [1.54, 1.807) is 0 Å². The van der Waals surface area contributed by atoms with E-state index in [1.807, 2.05) is 4.90 Å². The summed E-state index contributed by atoms with van der Waals surface area (Å²) >= 11 is 0. The molecule has 0 aliphatic carbocycles. The van der Waals surface area contributed by atoms with Crippen molar-refractivity contribution in [3.05, 3.63) is 0 Å². The molecule has 0 bridgehead atoms. The van der Waals surface area contributed by atoms with E-state index in [0.717, 1.165) is 25.9 Å². The highest BCUT2D eigenvalue weighted by Crippen LogP contribution is 2.17. The van der Waals surface area contributed by atoms with Gasteiger partial charge in [-0.3, -0.25) is 4.79 Å². The fourth-order valence-corrected chi connectivity index (χ4v) is 2.87. The van der Waals surface area contributed by atoms with Gasteiger partial charge in [0.2, 0.25) is 0 Å². The van der Waals surface area contributed by atoms with Gasteiger partial charge in [-0.25, -0.2) is 4.79 Å². The Morgan fingerprint density at radius 1 is 1.40 bits per heavy atom. The first-order valence-corrected chi connectivity index (χ1v) is 7.63. The Kier molecular flexibility index (Phi) is 6.82. The second-order valence-electron chi connectivity index (χ2n) is 6.47. The summed E-state index contributed by atoms with van der Waals surface area (Å²) < 4.78 is 0. The van der Waals surface area contributed by atoms with Gasteiger partial charge in [0.1, 0.15) is 0 Å². The lowest BCUT2D eigenvalue weighted by Gasteiger charge is -2.31. The standard InChI is InChI=1S/C15H28N2O3/c1-11(2)7-13(8-14(18)19)9-16-15(20)17-6-4-5-12(3)10-17/h11-13H,4-10H2,1-3H3,(H,16,20)(H,18,19)/t12?,13-/m0/s1. The third-order valence-corrected chi connectivity index (χ3v) is 3.75. The van der Waals surface area contributed by atoms with Gasteiger partial charge in [0.15, 0.2) is 0 Å². The number of piperidine rings is 1. The van der Waals surface area contributed by atoms with Crippen molar-refractivity contribution in [1.82, 2.24) is 10.2 Å². The molecule has 0 aromatic carbocycles. The molecular weight excluding hydrogens is 256 g/mol. The third kappa shape index (κ3) is 6.26. The van der Waals surface area contributed by atoms with Gasteiger partial charge in [-0.15, -0.1) is 0 Å². The van der Waals surface area contributed by atoms with Gasteiger partial charge in [0.25, 0.3) is 0 Å². The van der Waals surface area contributed by atoms with Crippen molar-refractivity contribution in [2.45, 2.75) is 46.5 Å². The quantitative estimate of drug-likeness (QED) is 0.787. The molecule has 1 saturated heterocycles. The second-order valence-corrected chi connectivity index (χ2v) is 6.47. The molecule has 1 heterocycles. The smallest absolute Gasteiger partial charge is 0.317 e. The summed E-state index contributed by atoms with van der Waals surface area (Å²) in [6.07, 6.45) is 3.18. The van der Waals surface area contributed by atoms with Crippen LogP contribution in [0.5, 0.6) is 0 Å². The van der Waals surface area contributed by atoms with Crippen LogP contribution >= 0.6 is 0 Å². The van der Waals surface area contributed by atoms with E-state index >= 15 is 0 Å². The van der Waals surface area contributed by atoms with Crippen molar-refractivity contribution in [1.29, 1.82) is 0 Å². The molecule has 5 heteroatoms. The molecule has 1 rings (SSSR count). The fraction of sp³-hybridized carbons (Fsp3) is 0.867. The molecule has 2 amide bonds. The van der Waals surface area contributed by atoms with Crippen LogP contribution < -0.4 is 5.32 Å². The van der Waals surface area contributed by atoms with Gasteiger partial charge in [-0.2, -0.15) is 0 Å². The highest BCUT2D eigenvalue weighted by molar-refractivity contribution is 5.74. The summed E-state index contributed by atoms with van der Waals surface area (Å²) in [7, 11) is 0.